The van der Waals surface area contributed by atoms with Crippen LogP contribution in [-0.2, 0) is 9.53 Å². The van der Waals surface area contributed by atoms with Gasteiger partial charge in [-0.1, -0.05) is 17.7 Å². The molecule has 0 aliphatic rings. The van der Waals surface area contributed by atoms with Gasteiger partial charge in [0, 0.05) is 5.69 Å². The molecule has 2 rings (SSSR count). The van der Waals surface area contributed by atoms with E-state index in [2.05, 4.69) is 21.2 Å². The lowest BCUT2D eigenvalue weighted by atomic mass is 10.1. The van der Waals surface area contributed by atoms with E-state index >= 15 is 0 Å². The molecule has 1 atom stereocenters. The number of aryl methyl sites for hydroxylation is 2. The zero-order valence-electron chi connectivity index (χ0n) is 14.6. The summed E-state index contributed by atoms with van der Waals surface area (Å²) in [7, 11) is 1.54. The Labute approximate surface area is 155 Å². The summed E-state index contributed by atoms with van der Waals surface area (Å²) >= 11 is 3.32. The summed E-state index contributed by atoms with van der Waals surface area (Å²) in [5, 5.41) is 2.78. The van der Waals surface area contributed by atoms with Crippen LogP contribution in [0.4, 0.5) is 5.69 Å². The molecule has 132 valence electrons. The maximum absolute atomic E-state index is 12.3. The highest BCUT2D eigenvalue weighted by Crippen LogP contribution is 2.26. The Balaban J connectivity index is 2.02. The minimum atomic E-state index is -0.922. The van der Waals surface area contributed by atoms with Crippen molar-refractivity contribution < 1.29 is 19.1 Å². The third kappa shape index (κ3) is 4.82. The van der Waals surface area contributed by atoms with Crippen molar-refractivity contribution in [2.45, 2.75) is 26.9 Å². The molecular weight excluding hydrogens is 386 g/mol. The molecule has 25 heavy (non-hydrogen) atoms. The molecule has 1 N–H and O–H groups in total. The standard InChI is InChI=1S/C19H20BrNO4/c1-11-5-7-16(12(2)9-11)21-18(22)13(3)25-19(23)14-6-8-17(24-4)15(20)10-14/h5-10,13H,1-4H3,(H,21,22)/t13-/m1/s1. The van der Waals surface area contributed by atoms with Gasteiger partial charge < -0.3 is 14.8 Å². The predicted octanol–water partition coefficient (Wildman–Crippen LogP) is 4.26. The molecule has 0 saturated heterocycles. The van der Waals surface area contributed by atoms with Crippen LogP contribution >= 0.6 is 15.9 Å². The van der Waals surface area contributed by atoms with Crippen LogP contribution in [0.5, 0.6) is 5.75 Å². The number of rotatable bonds is 5. The molecule has 0 spiro atoms. The Bertz CT molecular complexity index is 804. The van der Waals surface area contributed by atoms with E-state index in [1.54, 1.807) is 18.2 Å². The first-order chi connectivity index (χ1) is 11.8. The summed E-state index contributed by atoms with van der Waals surface area (Å²) in [5.74, 6) is -0.350. The van der Waals surface area contributed by atoms with Crippen molar-refractivity contribution >= 4 is 33.5 Å². The van der Waals surface area contributed by atoms with Crippen molar-refractivity contribution in [3.05, 3.63) is 57.6 Å². The number of esters is 1. The lowest BCUT2D eigenvalue weighted by molar-refractivity contribution is -0.123. The third-order valence-electron chi connectivity index (χ3n) is 3.68. The average Bonchev–Trinajstić information content (AvgIpc) is 2.57. The van der Waals surface area contributed by atoms with Gasteiger partial charge in [0.05, 0.1) is 17.1 Å². The number of anilines is 1. The Morgan fingerprint density at radius 3 is 2.44 bits per heavy atom. The normalized spacial score (nSPS) is 11.6. The van der Waals surface area contributed by atoms with E-state index in [1.807, 2.05) is 32.0 Å². The molecule has 0 aromatic heterocycles. The number of halogens is 1. The van der Waals surface area contributed by atoms with E-state index in [9.17, 15) is 9.59 Å². The summed E-state index contributed by atoms with van der Waals surface area (Å²) < 4.78 is 11.0. The number of benzene rings is 2. The average molecular weight is 406 g/mol. The summed E-state index contributed by atoms with van der Waals surface area (Å²) in [5.41, 5.74) is 3.09. The molecule has 0 bridgehead atoms. The summed E-state index contributed by atoms with van der Waals surface area (Å²) in [6, 6.07) is 10.5. The second-order valence-corrected chi connectivity index (χ2v) is 6.56. The third-order valence-corrected chi connectivity index (χ3v) is 4.30. The second-order valence-electron chi connectivity index (χ2n) is 5.70. The fourth-order valence-electron chi connectivity index (χ4n) is 2.26. The SMILES string of the molecule is COc1ccc(C(=O)O[C@H](C)C(=O)Nc2ccc(C)cc2C)cc1Br. The summed E-state index contributed by atoms with van der Waals surface area (Å²) in [6.45, 7) is 5.43. The lowest BCUT2D eigenvalue weighted by Gasteiger charge is -2.15. The van der Waals surface area contributed by atoms with Gasteiger partial charge in [-0.05, 0) is 66.5 Å². The number of hydrogen-bond donors (Lipinski definition) is 1. The first-order valence-electron chi connectivity index (χ1n) is 7.74. The molecular formula is C19H20BrNO4. The van der Waals surface area contributed by atoms with Crippen molar-refractivity contribution in [2.24, 2.45) is 0 Å². The lowest BCUT2D eigenvalue weighted by Crippen LogP contribution is -2.30. The molecule has 1 amide bonds. The topological polar surface area (TPSA) is 64.6 Å². The van der Waals surface area contributed by atoms with E-state index < -0.39 is 12.1 Å². The number of ether oxygens (including phenoxy) is 2. The Kier molecular flexibility index (Phi) is 6.20. The van der Waals surface area contributed by atoms with Gasteiger partial charge in [-0.25, -0.2) is 4.79 Å². The minimum absolute atomic E-state index is 0.332. The molecule has 0 radical (unpaired) electrons. The van der Waals surface area contributed by atoms with Crippen LogP contribution in [0.25, 0.3) is 0 Å². The van der Waals surface area contributed by atoms with Crippen LogP contribution < -0.4 is 10.1 Å². The molecule has 0 unspecified atom stereocenters. The summed E-state index contributed by atoms with van der Waals surface area (Å²) in [4.78, 5) is 24.5. The highest BCUT2D eigenvalue weighted by molar-refractivity contribution is 9.10. The van der Waals surface area contributed by atoms with Crippen molar-refractivity contribution in [1.82, 2.24) is 0 Å². The van der Waals surface area contributed by atoms with E-state index in [0.717, 1.165) is 11.1 Å². The smallest absolute Gasteiger partial charge is 0.338 e. The molecule has 0 heterocycles. The number of carbonyl (C=O) groups excluding carboxylic acids is 2. The zero-order chi connectivity index (χ0) is 18.6. The second kappa shape index (κ2) is 8.16. The minimum Gasteiger partial charge on any atom is -0.496 e. The van der Waals surface area contributed by atoms with Crippen molar-refractivity contribution in [1.29, 1.82) is 0 Å². The van der Waals surface area contributed by atoms with Crippen molar-refractivity contribution in [3.8, 4) is 5.75 Å². The maximum Gasteiger partial charge on any atom is 0.338 e. The van der Waals surface area contributed by atoms with Gasteiger partial charge in [-0.3, -0.25) is 4.79 Å². The monoisotopic (exact) mass is 405 g/mol. The molecule has 0 fully saturated rings. The van der Waals surface area contributed by atoms with Gasteiger partial charge >= 0.3 is 5.97 Å². The van der Waals surface area contributed by atoms with Gasteiger partial charge in [0.25, 0.3) is 5.91 Å². The first-order valence-corrected chi connectivity index (χ1v) is 8.53. The molecule has 0 aliphatic heterocycles. The van der Waals surface area contributed by atoms with Crippen molar-refractivity contribution in [2.75, 3.05) is 12.4 Å². The molecule has 2 aromatic rings. The van der Waals surface area contributed by atoms with E-state index in [4.69, 9.17) is 9.47 Å². The number of methoxy groups -OCH3 is 1. The Morgan fingerprint density at radius 2 is 1.84 bits per heavy atom. The van der Waals surface area contributed by atoms with Gasteiger partial charge in [0.1, 0.15) is 5.75 Å². The molecule has 0 aliphatic carbocycles. The molecule has 2 aromatic carbocycles. The van der Waals surface area contributed by atoms with Crippen LogP contribution in [0.2, 0.25) is 0 Å². The number of amides is 1. The quantitative estimate of drug-likeness (QED) is 0.754. The Hall–Kier alpha value is -2.34. The van der Waals surface area contributed by atoms with Crippen LogP contribution in [-0.4, -0.2) is 25.1 Å². The fraction of sp³-hybridized carbons (Fsp3) is 0.263. The highest BCUT2D eigenvalue weighted by atomic mass is 79.9. The largest absolute Gasteiger partial charge is 0.496 e. The van der Waals surface area contributed by atoms with E-state index in [1.165, 1.54) is 14.0 Å². The Morgan fingerprint density at radius 1 is 1.12 bits per heavy atom. The van der Waals surface area contributed by atoms with Gasteiger partial charge in [-0.2, -0.15) is 0 Å². The highest BCUT2D eigenvalue weighted by Gasteiger charge is 2.20. The summed E-state index contributed by atoms with van der Waals surface area (Å²) in [6.07, 6.45) is -0.922. The van der Waals surface area contributed by atoms with Crippen molar-refractivity contribution in [3.63, 3.8) is 0 Å². The first kappa shape index (κ1) is 19.0. The fourth-order valence-corrected chi connectivity index (χ4v) is 2.80. The number of carbonyl (C=O) groups is 2. The van der Waals surface area contributed by atoms with Crippen LogP contribution in [0.15, 0.2) is 40.9 Å². The van der Waals surface area contributed by atoms with E-state index in [0.29, 0.717) is 21.5 Å². The molecule has 0 saturated carbocycles. The predicted molar refractivity (Wildman–Crippen MR) is 100 cm³/mol. The van der Waals surface area contributed by atoms with Crippen LogP contribution in [0.3, 0.4) is 0 Å². The maximum atomic E-state index is 12.3. The molecule has 5 nitrogen and oxygen atoms in total. The molecule has 6 heteroatoms. The van der Waals surface area contributed by atoms with Gasteiger partial charge in [0.15, 0.2) is 6.10 Å². The van der Waals surface area contributed by atoms with E-state index in [-0.39, 0.29) is 5.91 Å². The number of nitrogens with one attached hydrogen (secondary N) is 1. The van der Waals surface area contributed by atoms with Gasteiger partial charge in [0.2, 0.25) is 0 Å². The van der Waals surface area contributed by atoms with Crippen LogP contribution in [0.1, 0.15) is 28.4 Å². The number of hydrogen-bond acceptors (Lipinski definition) is 4. The van der Waals surface area contributed by atoms with Gasteiger partial charge in [-0.15, -0.1) is 0 Å². The van der Waals surface area contributed by atoms with Crippen LogP contribution in [0, 0.1) is 13.8 Å². The zero-order valence-corrected chi connectivity index (χ0v) is 16.1.